The van der Waals surface area contributed by atoms with E-state index in [0.29, 0.717) is 11.7 Å². The Morgan fingerprint density at radius 2 is 1.65 bits per heavy atom. The lowest BCUT2D eigenvalue weighted by molar-refractivity contribution is -0.131. The number of rotatable bonds is 3. The van der Waals surface area contributed by atoms with Crippen molar-refractivity contribution < 1.29 is 4.79 Å². The molecule has 0 amide bonds. The first-order chi connectivity index (χ1) is 8.33. The molecule has 0 heterocycles. The fraction of sp³-hybridized carbons (Fsp3) is 0.562. The van der Waals surface area contributed by atoms with Crippen LogP contribution in [0.1, 0.15) is 50.5 Å². The zero-order chi connectivity index (χ0) is 11.7. The molecule has 17 heavy (non-hydrogen) atoms. The maximum absolute atomic E-state index is 12.8. The average Bonchev–Trinajstić information content (AvgIpc) is 2.78. The van der Waals surface area contributed by atoms with Crippen molar-refractivity contribution in [3.63, 3.8) is 0 Å². The van der Waals surface area contributed by atoms with Crippen molar-refractivity contribution in [1.29, 1.82) is 0 Å². The minimum absolute atomic E-state index is 0.119. The van der Waals surface area contributed by atoms with Gasteiger partial charge in [0, 0.05) is 5.92 Å². The van der Waals surface area contributed by atoms with Gasteiger partial charge in [-0.25, -0.2) is 0 Å². The summed E-state index contributed by atoms with van der Waals surface area (Å²) in [7, 11) is 0. The molecule has 2 fully saturated rings. The van der Waals surface area contributed by atoms with Gasteiger partial charge in [-0.15, -0.1) is 0 Å². The normalized spacial score (nSPS) is 23.3. The summed E-state index contributed by atoms with van der Waals surface area (Å²) in [5, 5.41) is 0. The SMILES string of the molecule is O=C(C1CCC1)C1(c2ccccc2)CCCC1. The summed E-state index contributed by atoms with van der Waals surface area (Å²) in [6.07, 6.45) is 8.10. The zero-order valence-corrected chi connectivity index (χ0v) is 10.3. The van der Waals surface area contributed by atoms with Gasteiger partial charge in [-0.2, -0.15) is 0 Å². The van der Waals surface area contributed by atoms with E-state index in [1.807, 2.05) is 6.07 Å². The Morgan fingerprint density at radius 1 is 1.00 bits per heavy atom. The van der Waals surface area contributed by atoms with Crippen LogP contribution in [0.5, 0.6) is 0 Å². The van der Waals surface area contributed by atoms with Crippen LogP contribution in [0.15, 0.2) is 30.3 Å². The second-order valence-electron chi connectivity index (χ2n) is 5.65. The van der Waals surface area contributed by atoms with E-state index in [4.69, 9.17) is 0 Å². The molecule has 0 N–H and O–H groups in total. The number of carbonyl (C=O) groups excluding carboxylic acids is 1. The Labute approximate surface area is 103 Å². The van der Waals surface area contributed by atoms with Crippen molar-refractivity contribution in [2.45, 2.75) is 50.4 Å². The molecule has 0 unspecified atom stereocenters. The number of Topliss-reactive ketones (excluding diaryl/α,β-unsaturated/α-hetero) is 1. The second kappa shape index (κ2) is 4.29. The maximum atomic E-state index is 12.8. The van der Waals surface area contributed by atoms with Gasteiger partial charge in [0.05, 0.1) is 5.41 Å². The Balaban J connectivity index is 1.95. The first-order valence-electron chi connectivity index (χ1n) is 6.93. The van der Waals surface area contributed by atoms with Crippen molar-refractivity contribution in [3.8, 4) is 0 Å². The van der Waals surface area contributed by atoms with Gasteiger partial charge in [-0.1, -0.05) is 49.6 Å². The molecule has 2 aliphatic carbocycles. The van der Waals surface area contributed by atoms with Crippen LogP contribution in [0.3, 0.4) is 0 Å². The molecule has 2 saturated carbocycles. The summed E-state index contributed by atoms with van der Waals surface area (Å²) in [5.74, 6) is 0.917. The van der Waals surface area contributed by atoms with E-state index < -0.39 is 0 Å². The summed E-state index contributed by atoms with van der Waals surface area (Å²) in [6.45, 7) is 0. The van der Waals surface area contributed by atoms with Crippen molar-refractivity contribution in [1.82, 2.24) is 0 Å². The molecule has 0 atom stereocenters. The van der Waals surface area contributed by atoms with E-state index >= 15 is 0 Å². The van der Waals surface area contributed by atoms with Crippen molar-refractivity contribution in [3.05, 3.63) is 35.9 Å². The molecule has 90 valence electrons. The first kappa shape index (κ1) is 11.0. The molecule has 0 aromatic heterocycles. The summed E-state index contributed by atoms with van der Waals surface area (Å²) >= 11 is 0. The lowest BCUT2D eigenvalue weighted by Gasteiger charge is -2.35. The van der Waals surface area contributed by atoms with E-state index in [-0.39, 0.29) is 5.41 Å². The minimum Gasteiger partial charge on any atom is -0.298 e. The average molecular weight is 228 g/mol. The summed E-state index contributed by atoms with van der Waals surface area (Å²) < 4.78 is 0. The van der Waals surface area contributed by atoms with Crippen LogP contribution in [0.2, 0.25) is 0 Å². The van der Waals surface area contributed by atoms with E-state index in [9.17, 15) is 4.79 Å². The predicted molar refractivity (Wildman–Crippen MR) is 68.9 cm³/mol. The smallest absolute Gasteiger partial charge is 0.146 e. The molecule has 0 saturated heterocycles. The van der Waals surface area contributed by atoms with E-state index in [0.717, 1.165) is 25.7 Å². The van der Waals surface area contributed by atoms with Gasteiger partial charge in [0.15, 0.2) is 0 Å². The lowest BCUT2D eigenvalue weighted by Crippen LogP contribution is -2.40. The van der Waals surface area contributed by atoms with Crippen LogP contribution in [0.25, 0.3) is 0 Å². The molecule has 1 nitrogen and oxygen atoms in total. The molecule has 0 bridgehead atoms. The van der Waals surface area contributed by atoms with E-state index in [1.165, 1.54) is 24.8 Å². The Hall–Kier alpha value is -1.11. The molecule has 0 aliphatic heterocycles. The Kier molecular flexibility index (Phi) is 2.78. The highest BCUT2D eigenvalue weighted by Gasteiger charge is 2.46. The number of benzene rings is 1. The number of carbonyl (C=O) groups is 1. The topological polar surface area (TPSA) is 17.1 Å². The molecular weight excluding hydrogens is 208 g/mol. The van der Waals surface area contributed by atoms with Gasteiger partial charge >= 0.3 is 0 Å². The van der Waals surface area contributed by atoms with Crippen LogP contribution >= 0.6 is 0 Å². The molecule has 0 radical (unpaired) electrons. The van der Waals surface area contributed by atoms with Gasteiger partial charge in [-0.05, 0) is 31.2 Å². The molecule has 1 aromatic carbocycles. The first-order valence-corrected chi connectivity index (χ1v) is 6.93. The van der Waals surface area contributed by atoms with Crippen LogP contribution in [-0.4, -0.2) is 5.78 Å². The Morgan fingerprint density at radius 3 is 2.18 bits per heavy atom. The molecule has 1 heteroatoms. The number of ketones is 1. The van der Waals surface area contributed by atoms with Crippen molar-refractivity contribution in [2.75, 3.05) is 0 Å². The van der Waals surface area contributed by atoms with Crippen LogP contribution in [-0.2, 0) is 10.2 Å². The molecule has 1 aromatic rings. The molecule has 0 spiro atoms. The minimum atomic E-state index is -0.119. The molecular formula is C16H20O. The Bertz CT molecular complexity index is 397. The largest absolute Gasteiger partial charge is 0.298 e. The highest BCUT2D eigenvalue weighted by molar-refractivity contribution is 5.92. The fourth-order valence-corrected chi connectivity index (χ4v) is 3.47. The third-order valence-electron chi connectivity index (χ3n) is 4.73. The highest BCUT2D eigenvalue weighted by Crippen LogP contribution is 2.46. The molecule has 2 aliphatic rings. The van der Waals surface area contributed by atoms with Crippen LogP contribution in [0, 0.1) is 5.92 Å². The van der Waals surface area contributed by atoms with Crippen LogP contribution < -0.4 is 0 Å². The lowest BCUT2D eigenvalue weighted by atomic mass is 9.66. The quantitative estimate of drug-likeness (QED) is 0.767. The number of hydrogen-bond donors (Lipinski definition) is 0. The summed E-state index contributed by atoms with van der Waals surface area (Å²) in [4.78, 5) is 12.8. The number of hydrogen-bond acceptors (Lipinski definition) is 1. The van der Waals surface area contributed by atoms with Gasteiger partial charge in [0.1, 0.15) is 5.78 Å². The van der Waals surface area contributed by atoms with Gasteiger partial charge < -0.3 is 0 Å². The third kappa shape index (κ3) is 1.72. The predicted octanol–water partition coefficient (Wildman–Crippen LogP) is 3.87. The van der Waals surface area contributed by atoms with E-state index in [2.05, 4.69) is 24.3 Å². The van der Waals surface area contributed by atoms with Crippen molar-refractivity contribution >= 4 is 5.78 Å². The van der Waals surface area contributed by atoms with Gasteiger partial charge in [0.25, 0.3) is 0 Å². The van der Waals surface area contributed by atoms with Gasteiger partial charge in [0.2, 0.25) is 0 Å². The van der Waals surface area contributed by atoms with Crippen LogP contribution in [0.4, 0.5) is 0 Å². The van der Waals surface area contributed by atoms with Crippen molar-refractivity contribution in [2.24, 2.45) is 5.92 Å². The summed E-state index contributed by atoms with van der Waals surface area (Å²) in [5.41, 5.74) is 1.15. The highest BCUT2D eigenvalue weighted by atomic mass is 16.1. The summed E-state index contributed by atoms with van der Waals surface area (Å²) in [6, 6.07) is 10.5. The fourth-order valence-electron chi connectivity index (χ4n) is 3.47. The second-order valence-corrected chi connectivity index (χ2v) is 5.65. The standard InChI is InChI=1S/C16H20O/c17-15(13-7-6-8-13)16(11-4-5-12-16)14-9-2-1-3-10-14/h1-3,9-10,13H,4-8,11-12H2. The third-order valence-corrected chi connectivity index (χ3v) is 4.73. The van der Waals surface area contributed by atoms with Gasteiger partial charge in [-0.3, -0.25) is 4.79 Å². The van der Waals surface area contributed by atoms with E-state index in [1.54, 1.807) is 0 Å². The monoisotopic (exact) mass is 228 g/mol. The maximum Gasteiger partial charge on any atom is 0.146 e. The zero-order valence-electron chi connectivity index (χ0n) is 10.3. The molecule has 3 rings (SSSR count).